The first kappa shape index (κ1) is 34.0. The molecule has 6 rings (SSSR count). The number of aromatic nitrogens is 1. The zero-order valence-corrected chi connectivity index (χ0v) is 27.6. The average molecular weight is 644 g/mol. The van der Waals surface area contributed by atoms with Gasteiger partial charge in [-0.1, -0.05) is 88.1 Å². The van der Waals surface area contributed by atoms with Gasteiger partial charge in [0.25, 0.3) is 0 Å². The van der Waals surface area contributed by atoms with Crippen molar-refractivity contribution in [2.24, 2.45) is 0 Å². The Labute approximate surface area is 283 Å². The van der Waals surface area contributed by atoms with E-state index in [0.29, 0.717) is 26.4 Å². The summed E-state index contributed by atoms with van der Waals surface area (Å²) in [6, 6.07) is 29.4. The zero-order chi connectivity index (χ0) is 33.6. The van der Waals surface area contributed by atoms with Crippen LogP contribution in [-0.4, -0.2) is 31.4 Å². The summed E-state index contributed by atoms with van der Waals surface area (Å²) in [5.74, 6) is 2.44. The van der Waals surface area contributed by atoms with Gasteiger partial charge in [-0.25, -0.2) is 0 Å². The van der Waals surface area contributed by atoms with Gasteiger partial charge in [0.2, 0.25) is 0 Å². The molecule has 1 heterocycles. The third-order valence-electron chi connectivity index (χ3n) is 8.75. The molecule has 0 aliphatic heterocycles. The van der Waals surface area contributed by atoms with Crippen LogP contribution in [0.1, 0.15) is 48.8 Å². The molecule has 0 unspecified atom stereocenters. The summed E-state index contributed by atoms with van der Waals surface area (Å²) in [4.78, 5) is 3.41. The SMILES string of the molecule is C=COCCOc1ccc2c(c1)[nH]c1cc(OCCOC=C)ccc12.C=COc1ccc(C2(c3ccc(C=C)cc3)CCCCC2)cc1. The van der Waals surface area contributed by atoms with Gasteiger partial charge in [0, 0.05) is 28.3 Å². The van der Waals surface area contributed by atoms with Gasteiger partial charge in [-0.15, -0.1) is 0 Å². The summed E-state index contributed by atoms with van der Waals surface area (Å²) in [7, 11) is 0. The standard InChI is InChI=1S/C22H24O.C20H21NO4/c1-3-18-8-10-19(11-9-18)22(16-6-5-7-17-22)20-12-14-21(15-13-20)23-4-2;1-3-22-9-11-24-15-5-7-17-18-8-6-16(25-12-10-23-4-2)14-20(18)21-19(17)13-15/h3-4,8-15H,1-2,5-7,16-17H2;3-8,13-14,21H,1-2,9-12H2. The van der Waals surface area contributed by atoms with Gasteiger partial charge in [0.15, 0.2) is 0 Å². The largest absolute Gasteiger partial charge is 0.498 e. The van der Waals surface area contributed by atoms with Crippen LogP contribution >= 0.6 is 0 Å². The third-order valence-corrected chi connectivity index (χ3v) is 8.75. The van der Waals surface area contributed by atoms with Gasteiger partial charge in [0.05, 0.1) is 29.8 Å². The van der Waals surface area contributed by atoms with Gasteiger partial charge in [-0.3, -0.25) is 0 Å². The van der Waals surface area contributed by atoms with Crippen molar-refractivity contribution in [3.8, 4) is 17.2 Å². The molecule has 6 nitrogen and oxygen atoms in total. The highest BCUT2D eigenvalue weighted by Gasteiger charge is 2.35. The van der Waals surface area contributed by atoms with Crippen LogP contribution in [0.5, 0.6) is 17.2 Å². The van der Waals surface area contributed by atoms with Crippen LogP contribution in [-0.2, 0) is 14.9 Å². The molecule has 248 valence electrons. The topological polar surface area (TPSA) is 61.9 Å². The van der Waals surface area contributed by atoms with Gasteiger partial charge >= 0.3 is 0 Å². The maximum Gasteiger partial charge on any atom is 0.126 e. The van der Waals surface area contributed by atoms with Crippen LogP contribution in [0, 0.1) is 0 Å². The Hall–Kier alpha value is -5.36. The molecule has 1 N–H and O–H groups in total. The quantitative estimate of drug-likeness (QED) is 0.0909. The summed E-state index contributed by atoms with van der Waals surface area (Å²) in [5.41, 5.74) is 6.15. The Kier molecular flexibility index (Phi) is 12.0. The maximum absolute atomic E-state index is 5.67. The minimum Gasteiger partial charge on any atom is -0.498 e. The number of H-pyrrole nitrogens is 1. The van der Waals surface area contributed by atoms with Crippen LogP contribution in [0.4, 0.5) is 0 Å². The summed E-state index contributed by atoms with van der Waals surface area (Å²) in [6.45, 7) is 16.4. The minimum atomic E-state index is 0.130. The number of hydrogen-bond acceptors (Lipinski definition) is 5. The van der Waals surface area contributed by atoms with E-state index in [4.69, 9.17) is 23.7 Å². The van der Waals surface area contributed by atoms with E-state index < -0.39 is 0 Å². The van der Waals surface area contributed by atoms with E-state index in [2.05, 4.69) is 79.8 Å². The normalized spacial score (nSPS) is 13.4. The molecule has 1 aliphatic carbocycles. The second kappa shape index (κ2) is 17.0. The highest BCUT2D eigenvalue weighted by molar-refractivity contribution is 6.07. The molecule has 5 aromatic rings. The van der Waals surface area contributed by atoms with E-state index in [1.54, 1.807) is 0 Å². The Morgan fingerprint density at radius 2 is 1.06 bits per heavy atom. The van der Waals surface area contributed by atoms with Crippen molar-refractivity contribution in [1.82, 2.24) is 4.98 Å². The van der Waals surface area contributed by atoms with Crippen molar-refractivity contribution >= 4 is 27.9 Å². The monoisotopic (exact) mass is 643 g/mol. The van der Waals surface area contributed by atoms with E-state index >= 15 is 0 Å². The van der Waals surface area contributed by atoms with Crippen LogP contribution in [0.3, 0.4) is 0 Å². The fourth-order valence-corrected chi connectivity index (χ4v) is 6.42. The van der Waals surface area contributed by atoms with Crippen molar-refractivity contribution in [3.63, 3.8) is 0 Å². The third kappa shape index (κ3) is 8.31. The van der Waals surface area contributed by atoms with E-state index in [1.165, 1.54) is 67.6 Å². The number of fused-ring (bicyclic) bond motifs is 3. The van der Waals surface area contributed by atoms with E-state index in [-0.39, 0.29) is 5.41 Å². The lowest BCUT2D eigenvalue weighted by Crippen LogP contribution is -2.30. The number of benzene rings is 4. The number of aromatic amines is 1. The Morgan fingerprint density at radius 1 is 0.562 bits per heavy atom. The first-order valence-corrected chi connectivity index (χ1v) is 16.5. The molecule has 6 heteroatoms. The molecule has 1 aliphatic rings. The molecule has 4 aromatic carbocycles. The van der Waals surface area contributed by atoms with Crippen molar-refractivity contribution in [1.29, 1.82) is 0 Å². The lowest BCUT2D eigenvalue weighted by Gasteiger charge is -2.38. The molecule has 0 bridgehead atoms. The lowest BCUT2D eigenvalue weighted by atomic mass is 9.65. The fraction of sp³-hybridized carbons (Fsp3) is 0.238. The minimum absolute atomic E-state index is 0.130. The van der Waals surface area contributed by atoms with Crippen molar-refractivity contribution < 1.29 is 23.7 Å². The Balaban J connectivity index is 0.000000188. The number of nitrogens with one attached hydrogen (secondary N) is 1. The molecule has 0 amide bonds. The van der Waals surface area contributed by atoms with Gasteiger partial charge in [0.1, 0.15) is 43.7 Å². The molecular formula is C42H45NO5. The molecule has 48 heavy (non-hydrogen) atoms. The van der Waals surface area contributed by atoms with Crippen LogP contribution in [0.15, 0.2) is 130 Å². The zero-order valence-electron chi connectivity index (χ0n) is 27.6. The first-order valence-electron chi connectivity index (χ1n) is 16.5. The maximum atomic E-state index is 5.67. The highest BCUT2D eigenvalue weighted by Crippen LogP contribution is 2.45. The number of ether oxygens (including phenoxy) is 5. The van der Waals surface area contributed by atoms with Gasteiger partial charge < -0.3 is 28.7 Å². The summed E-state index contributed by atoms with van der Waals surface area (Å²) < 4.78 is 26.8. The Bertz CT molecular complexity index is 1730. The van der Waals surface area contributed by atoms with E-state index in [9.17, 15) is 0 Å². The van der Waals surface area contributed by atoms with E-state index in [0.717, 1.165) is 39.1 Å². The van der Waals surface area contributed by atoms with E-state index in [1.807, 2.05) is 42.5 Å². The second-order valence-corrected chi connectivity index (χ2v) is 11.6. The summed E-state index contributed by atoms with van der Waals surface area (Å²) in [5, 5.41) is 2.29. The summed E-state index contributed by atoms with van der Waals surface area (Å²) >= 11 is 0. The van der Waals surface area contributed by atoms with Gasteiger partial charge in [-0.2, -0.15) is 0 Å². The molecule has 1 fully saturated rings. The predicted molar refractivity (Wildman–Crippen MR) is 197 cm³/mol. The van der Waals surface area contributed by atoms with Crippen molar-refractivity contribution in [3.05, 3.63) is 147 Å². The first-order chi connectivity index (χ1) is 23.6. The molecular weight excluding hydrogens is 598 g/mol. The molecule has 0 saturated heterocycles. The smallest absolute Gasteiger partial charge is 0.126 e. The highest BCUT2D eigenvalue weighted by atomic mass is 16.5. The lowest BCUT2D eigenvalue weighted by molar-refractivity contribution is 0.180. The Morgan fingerprint density at radius 3 is 1.54 bits per heavy atom. The molecule has 0 atom stereocenters. The van der Waals surface area contributed by atoms with Crippen LogP contribution in [0.2, 0.25) is 0 Å². The van der Waals surface area contributed by atoms with Crippen molar-refractivity contribution in [2.45, 2.75) is 37.5 Å². The number of rotatable bonds is 15. The van der Waals surface area contributed by atoms with Crippen LogP contribution in [0.25, 0.3) is 27.9 Å². The molecule has 1 saturated carbocycles. The predicted octanol–water partition coefficient (Wildman–Crippen LogP) is 10.5. The second-order valence-electron chi connectivity index (χ2n) is 11.6. The van der Waals surface area contributed by atoms with Crippen molar-refractivity contribution in [2.75, 3.05) is 26.4 Å². The average Bonchev–Trinajstić information content (AvgIpc) is 3.50. The number of hydrogen-bond donors (Lipinski definition) is 1. The molecule has 0 radical (unpaired) electrons. The molecule has 0 spiro atoms. The fourth-order valence-electron chi connectivity index (χ4n) is 6.42. The van der Waals surface area contributed by atoms with Gasteiger partial charge in [-0.05, 0) is 65.9 Å². The van der Waals surface area contributed by atoms with Crippen LogP contribution < -0.4 is 14.2 Å². The molecule has 1 aromatic heterocycles. The summed E-state index contributed by atoms with van der Waals surface area (Å²) in [6.07, 6.45) is 12.5.